The van der Waals surface area contributed by atoms with Crippen molar-refractivity contribution in [3.05, 3.63) is 34.4 Å². The molecule has 0 saturated heterocycles. The molecule has 1 aromatic carbocycles. The molecule has 0 bridgehead atoms. The van der Waals surface area contributed by atoms with Crippen LogP contribution < -0.4 is 15.8 Å². The van der Waals surface area contributed by atoms with Gasteiger partial charge in [0.1, 0.15) is 0 Å². The molecule has 0 saturated carbocycles. The Kier molecular flexibility index (Phi) is 10.5. The zero-order chi connectivity index (χ0) is 18.2. The van der Waals surface area contributed by atoms with Crippen molar-refractivity contribution >= 4 is 45.6 Å². The van der Waals surface area contributed by atoms with Crippen LogP contribution in [0.3, 0.4) is 0 Å². The predicted molar refractivity (Wildman–Crippen MR) is 105 cm³/mol. The third kappa shape index (κ3) is 8.42. The quantitative estimate of drug-likeness (QED) is 0.114. The van der Waals surface area contributed by atoms with E-state index in [4.69, 9.17) is 10.5 Å². The van der Waals surface area contributed by atoms with Gasteiger partial charge in [0, 0.05) is 31.8 Å². The van der Waals surface area contributed by atoms with Gasteiger partial charge in [0.2, 0.25) is 10.0 Å². The van der Waals surface area contributed by atoms with Crippen LogP contribution in [0.4, 0.5) is 5.69 Å². The number of rotatable bonds is 9. The Hall–Kier alpha value is -1.51. The molecule has 1 atom stereocenters. The van der Waals surface area contributed by atoms with Gasteiger partial charge in [-0.2, -0.15) is 0 Å². The number of nitrogens with one attached hydrogen (secondary N) is 2. The fraction of sp³-hybridized carbons (Fsp3) is 0.462. The van der Waals surface area contributed by atoms with E-state index in [0.717, 1.165) is 6.07 Å². The van der Waals surface area contributed by atoms with Crippen molar-refractivity contribution in [1.82, 2.24) is 10.0 Å². The number of benzene rings is 1. The highest BCUT2D eigenvalue weighted by Crippen LogP contribution is 2.16. The number of sulfonamides is 1. The van der Waals surface area contributed by atoms with Crippen LogP contribution in [-0.2, 0) is 14.8 Å². The second kappa shape index (κ2) is 11.2. The molecule has 0 aromatic heterocycles. The van der Waals surface area contributed by atoms with Crippen molar-refractivity contribution in [2.45, 2.75) is 17.9 Å². The lowest BCUT2D eigenvalue weighted by Crippen LogP contribution is -2.41. The summed E-state index contributed by atoms with van der Waals surface area (Å²) >= 11 is 0. The number of nitro groups is 1. The molecule has 10 nitrogen and oxygen atoms in total. The highest BCUT2D eigenvalue weighted by atomic mass is 127. The van der Waals surface area contributed by atoms with Crippen LogP contribution in [0, 0.1) is 10.1 Å². The van der Waals surface area contributed by atoms with Crippen LogP contribution in [0.5, 0.6) is 0 Å². The molecule has 0 aliphatic rings. The van der Waals surface area contributed by atoms with Crippen LogP contribution in [0.15, 0.2) is 34.2 Å². The number of nitrogens with two attached hydrogens (primary N) is 1. The molecule has 1 unspecified atom stereocenters. The minimum Gasteiger partial charge on any atom is -0.383 e. The molecular weight excluding hydrogens is 465 g/mol. The number of hydrogen-bond acceptors (Lipinski definition) is 6. The Morgan fingerprint density at radius 1 is 1.48 bits per heavy atom. The van der Waals surface area contributed by atoms with E-state index in [1.807, 2.05) is 6.92 Å². The number of nitro benzene ring substituents is 1. The van der Waals surface area contributed by atoms with E-state index >= 15 is 0 Å². The van der Waals surface area contributed by atoms with Crippen LogP contribution in [0.2, 0.25) is 0 Å². The maximum Gasteiger partial charge on any atom is 0.270 e. The Balaban J connectivity index is 0.00000576. The number of halogens is 1. The van der Waals surface area contributed by atoms with Gasteiger partial charge in [-0.3, -0.25) is 15.1 Å². The predicted octanol–water partition coefficient (Wildman–Crippen LogP) is 0.430. The van der Waals surface area contributed by atoms with Gasteiger partial charge < -0.3 is 15.8 Å². The normalized spacial score (nSPS) is 13.0. The van der Waals surface area contributed by atoms with Crippen LogP contribution >= 0.6 is 24.0 Å². The molecule has 1 aromatic rings. The summed E-state index contributed by atoms with van der Waals surface area (Å²) in [4.78, 5) is 13.8. The van der Waals surface area contributed by atoms with Crippen molar-refractivity contribution < 1.29 is 18.1 Å². The summed E-state index contributed by atoms with van der Waals surface area (Å²) in [7, 11) is -2.29. The fourth-order valence-electron chi connectivity index (χ4n) is 1.79. The van der Waals surface area contributed by atoms with Gasteiger partial charge in [-0.1, -0.05) is 6.07 Å². The van der Waals surface area contributed by atoms with Gasteiger partial charge >= 0.3 is 0 Å². The van der Waals surface area contributed by atoms with Crippen molar-refractivity contribution in [3.8, 4) is 0 Å². The summed E-state index contributed by atoms with van der Waals surface area (Å²) in [5.74, 6) is 0.175. The summed E-state index contributed by atoms with van der Waals surface area (Å²) in [6, 6.07) is 4.77. The van der Waals surface area contributed by atoms with Crippen molar-refractivity contribution in [2.75, 3.05) is 26.8 Å². The zero-order valence-electron chi connectivity index (χ0n) is 13.8. The van der Waals surface area contributed by atoms with E-state index < -0.39 is 14.9 Å². The minimum absolute atomic E-state index is 0. The van der Waals surface area contributed by atoms with E-state index in [-0.39, 0.29) is 59.7 Å². The number of non-ortho nitro benzene ring substituents is 1. The average molecular weight is 487 g/mol. The SMILES string of the molecule is COCC(C)NC(N)=NCCNS(=O)(=O)c1cccc([N+](=O)[O-])c1.I. The van der Waals surface area contributed by atoms with Crippen molar-refractivity contribution in [3.63, 3.8) is 0 Å². The molecule has 0 spiro atoms. The van der Waals surface area contributed by atoms with Crippen LogP contribution in [0.1, 0.15) is 6.92 Å². The highest BCUT2D eigenvalue weighted by molar-refractivity contribution is 14.0. The average Bonchev–Trinajstić information content (AvgIpc) is 2.52. The summed E-state index contributed by atoms with van der Waals surface area (Å²) in [6.45, 7) is 2.44. The third-order valence-electron chi connectivity index (χ3n) is 2.84. The molecule has 0 radical (unpaired) electrons. The van der Waals surface area contributed by atoms with Gasteiger partial charge in [0.05, 0.1) is 23.0 Å². The summed E-state index contributed by atoms with van der Waals surface area (Å²) < 4.78 is 31.4. The molecule has 4 N–H and O–H groups in total. The lowest BCUT2D eigenvalue weighted by atomic mass is 10.3. The van der Waals surface area contributed by atoms with Gasteiger partial charge in [-0.15, -0.1) is 24.0 Å². The van der Waals surface area contributed by atoms with Crippen LogP contribution in [-0.4, -0.2) is 52.1 Å². The lowest BCUT2D eigenvalue weighted by molar-refractivity contribution is -0.385. The van der Waals surface area contributed by atoms with Crippen LogP contribution in [0.25, 0.3) is 0 Å². The number of hydrogen-bond donors (Lipinski definition) is 3. The third-order valence-corrected chi connectivity index (χ3v) is 4.29. The lowest BCUT2D eigenvalue weighted by Gasteiger charge is -2.13. The summed E-state index contributed by atoms with van der Waals surface area (Å²) in [6.07, 6.45) is 0. The first-order valence-corrected chi connectivity index (χ1v) is 8.54. The minimum atomic E-state index is -3.85. The summed E-state index contributed by atoms with van der Waals surface area (Å²) in [5.41, 5.74) is 5.36. The zero-order valence-corrected chi connectivity index (χ0v) is 17.0. The van der Waals surface area contributed by atoms with E-state index in [2.05, 4.69) is 15.0 Å². The highest BCUT2D eigenvalue weighted by Gasteiger charge is 2.16. The largest absolute Gasteiger partial charge is 0.383 e. The second-order valence-corrected chi connectivity index (χ2v) is 6.69. The summed E-state index contributed by atoms with van der Waals surface area (Å²) in [5, 5.41) is 13.6. The molecule has 25 heavy (non-hydrogen) atoms. The van der Waals surface area contributed by atoms with E-state index in [1.165, 1.54) is 18.2 Å². The maximum absolute atomic E-state index is 12.1. The topological polar surface area (TPSA) is 149 Å². The number of guanidine groups is 1. The number of methoxy groups -OCH3 is 1. The molecular formula is C13H22IN5O5S. The first-order valence-electron chi connectivity index (χ1n) is 7.05. The Labute approximate surface area is 163 Å². The van der Waals surface area contributed by atoms with E-state index in [9.17, 15) is 18.5 Å². The molecule has 142 valence electrons. The standard InChI is InChI=1S/C13H21N5O5S.HI/c1-10(9-23-2)17-13(14)15-6-7-16-24(21,22)12-5-3-4-11(8-12)18(19)20;/h3-5,8,10,16H,6-7,9H2,1-2H3,(H3,14,15,17);1H. The van der Waals surface area contributed by atoms with Crippen molar-refractivity contribution in [2.24, 2.45) is 10.7 Å². The van der Waals surface area contributed by atoms with Gasteiger partial charge in [0.25, 0.3) is 5.69 Å². The van der Waals surface area contributed by atoms with Gasteiger partial charge in [-0.05, 0) is 13.0 Å². The smallest absolute Gasteiger partial charge is 0.270 e. The first-order chi connectivity index (χ1) is 11.3. The number of nitrogens with zero attached hydrogens (tertiary/aromatic N) is 2. The molecule has 0 fully saturated rings. The Morgan fingerprint density at radius 2 is 2.16 bits per heavy atom. The van der Waals surface area contributed by atoms with Gasteiger partial charge in [0.15, 0.2) is 5.96 Å². The molecule has 12 heteroatoms. The number of aliphatic imine (C=N–C) groups is 1. The Bertz CT molecular complexity index is 698. The maximum atomic E-state index is 12.1. The fourth-order valence-corrected chi connectivity index (χ4v) is 2.85. The monoisotopic (exact) mass is 487 g/mol. The van der Waals surface area contributed by atoms with E-state index in [1.54, 1.807) is 7.11 Å². The molecule has 0 aliphatic heterocycles. The first kappa shape index (κ1) is 23.5. The second-order valence-electron chi connectivity index (χ2n) is 4.92. The molecule has 0 aliphatic carbocycles. The van der Waals surface area contributed by atoms with E-state index in [0.29, 0.717) is 6.61 Å². The Morgan fingerprint density at radius 3 is 2.76 bits per heavy atom. The van der Waals surface area contributed by atoms with Gasteiger partial charge in [-0.25, -0.2) is 13.1 Å². The molecule has 0 heterocycles. The molecule has 1 rings (SSSR count). The molecule has 0 amide bonds. The van der Waals surface area contributed by atoms with Crippen molar-refractivity contribution in [1.29, 1.82) is 0 Å². The number of ether oxygens (including phenoxy) is 1.